The Morgan fingerprint density at radius 2 is 2.15 bits per heavy atom. The Morgan fingerprint density at radius 1 is 1.35 bits per heavy atom. The maximum atomic E-state index is 13.7. The molecule has 0 spiro atoms. The van der Waals surface area contributed by atoms with Crippen molar-refractivity contribution in [2.24, 2.45) is 0 Å². The van der Waals surface area contributed by atoms with Crippen molar-refractivity contribution < 1.29 is 18.3 Å². The molecule has 1 aromatic heterocycles. The summed E-state index contributed by atoms with van der Waals surface area (Å²) in [4.78, 5) is 8.48. The molecule has 0 amide bonds. The van der Waals surface area contributed by atoms with Gasteiger partial charge in [-0.15, -0.1) is 0 Å². The lowest BCUT2D eigenvalue weighted by molar-refractivity contribution is -0.133. The minimum Gasteiger partial charge on any atom is -0.347 e. The summed E-state index contributed by atoms with van der Waals surface area (Å²) in [5.41, 5.74) is 0.843. The summed E-state index contributed by atoms with van der Waals surface area (Å²) in [6.45, 7) is 4.16. The Kier molecular flexibility index (Phi) is 5.92. The molecule has 26 heavy (non-hydrogen) atoms. The van der Waals surface area contributed by atoms with E-state index in [0.29, 0.717) is 17.5 Å². The minimum atomic E-state index is -0.875. The van der Waals surface area contributed by atoms with Crippen molar-refractivity contribution in [3.63, 3.8) is 0 Å². The van der Waals surface area contributed by atoms with E-state index in [1.807, 2.05) is 19.9 Å². The highest BCUT2D eigenvalue weighted by Crippen LogP contribution is 2.25. The average molecular weight is 399 g/mol. The van der Waals surface area contributed by atoms with E-state index < -0.39 is 17.4 Å². The zero-order chi connectivity index (χ0) is 18.7. The average Bonchev–Trinajstić information content (AvgIpc) is 2.93. The van der Waals surface area contributed by atoms with Crippen LogP contribution in [0.15, 0.2) is 35.5 Å². The second-order valence-electron chi connectivity index (χ2n) is 6.13. The van der Waals surface area contributed by atoms with Gasteiger partial charge in [0.15, 0.2) is 22.6 Å². The molecule has 1 saturated heterocycles. The molecular weight excluding hydrogens is 382 g/mol. The van der Waals surface area contributed by atoms with Crippen LogP contribution in [0.3, 0.4) is 0 Å². The van der Waals surface area contributed by atoms with Crippen LogP contribution < -0.4 is 0 Å². The van der Waals surface area contributed by atoms with Crippen LogP contribution >= 0.6 is 23.4 Å². The van der Waals surface area contributed by atoms with Crippen LogP contribution in [0.25, 0.3) is 6.08 Å². The molecule has 0 saturated carbocycles. The van der Waals surface area contributed by atoms with Gasteiger partial charge in [0, 0.05) is 17.4 Å². The smallest absolute Gasteiger partial charge is 0.189 e. The molecule has 2 heterocycles. The molecule has 3 rings (SSSR count). The number of hydrogen-bond acceptors (Lipinski definition) is 5. The second-order valence-corrected chi connectivity index (χ2v) is 7.46. The van der Waals surface area contributed by atoms with Gasteiger partial charge in [-0.05, 0) is 26.0 Å². The summed E-state index contributed by atoms with van der Waals surface area (Å²) in [6, 6.07) is 5.69. The van der Waals surface area contributed by atoms with Gasteiger partial charge in [0.05, 0.1) is 12.3 Å². The number of thioether (sulfide) groups is 1. The number of benzene rings is 1. The minimum absolute atomic E-state index is 0.170. The van der Waals surface area contributed by atoms with E-state index in [1.54, 1.807) is 12.1 Å². The molecule has 4 nitrogen and oxygen atoms in total. The van der Waals surface area contributed by atoms with Crippen molar-refractivity contribution >= 4 is 29.4 Å². The molecule has 138 valence electrons. The monoisotopic (exact) mass is 398 g/mol. The molecule has 1 atom stereocenters. The van der Waals surface area contributed by atoms with Crippen molar-refractivity contribution in [1.29, 1.82) is 0 Å². The molecule has 1 aliphatic heterocycles. The highest BCUT2D eigenvalue weighted by atomic mass is 35.5. The van der Waals surface area contributed by atoms with Gasteiger partial charge >= 0.3 is 0 Å². The van der Waals surface area contributed by atoms with Crippen LogP contribution in [0.5, 0.6) is 0 Å². The molecule has 1 aromatic carbocycles. The Morgan fingerprint density at radius 3 is 2.88 bits per heavy atom. The number of ether oxygens (including phenoxy) is 2. The van der Waals surface area contributed by atoms with Gasteiger partial charge in [-0.2, -0.15) is 0 Å². The zero-order valence-corrected chi connectivity index (χ0v) is 15.8. The van der Waals surface area contributed by atoms with Crippen molar-refractivity contribution in [3.05, 3.63) is 58.4 Å². The molecule has 1 unspecified atom stereocenters. The quantitative estimate of drug-likeness (QED) is 0.408. The molecule has 0 aliphatic carbocycles. The predicted octanol–water partition coefficient (Wildman–Crippen LogP) is 4.87. The Bertz CT molecular complexity index is 833. The summed E-state index contributed by atoms with van der Waals surface area (Å²) >= 11 is 7.22. The van der Waals surface area contributed by atoms with E-state index in [-0.39, 0.29) is 22.6 Å². The maximum Gasteiger partial charge on any atom is 0.189 e. The van der Waals surface area contributed by atoms with Gasteiger partial charge in [0.25, 0.3) is 0 Å². The Balaban J connectivity index is 1.68. The SMILES string of the molecule is CC1(C)OCC(/C=C/c2cc(Cl)nc(SCc3cccc(F)c3F)n2)O1. The second kappa shape index (κ2) is 8.00. The molecule has 0 N–H and O–H groups in total. The van der Waals surface area contributed by atoms with Crippen LogP contribution in [0, 0.1) is 11.6 Å². The highest BCUT2D eigenvalue weighted by molar-refractivity contribution is 7.98. The van der Waals surface area contributed by atoms with E-state index in [0.717, 1.165) is 6.07 Å². The first kappa shape index (κ1) is 19.2. The van der Waals surface area contributed by atoms with Crippen molar-refractivity contribution in [2.45, 2.75) is 36.6 Å². The van der Waals surface area contributed by atoms with Crippen LogP contribution in [0.1, 0.15) is 25.1 Å². The summed E-state index contributed by atoms with van der Waals surface area (Å²) in [7, 11) is 0. The van der Waals surface area contributed by atoms with Gasteiger partial charge in [0.1, 0.15) is 11.3 Å². The summed E-state index contributed by atoms with van der Waals surface area (Å²) in [6.07, 6.45) is 3.44. The maximum absolute atomic E-state index is 13.7. The lowest BCUT2D eigenvalue weighted by Gasteiger charge is -2.15. The molecule has 2 aromatic rings. The van der Waals surface area contributed by atoms with Crippen molar-refractivity contribution in [1.82, 2.24) is 9.97 Å². The first-order valence-electron chi connectivity index (χ1n) is 7.93. The fraction of sp³-hybridized carbons (Fsp3) is 0.333. The number of halogens is 3. The van der Waals surface area contributed by atoms with E-state index in [4.69, 9.17) is 21.1 Å². The third-order valence-corrected chi connectivity index (χ3v) is 4.68. The fourth-order valence-electron chi connectivity index (χ4n) is 2.38. The normalized spacial score (nSPS) is 19.3. The molecule has 0 radical (unpaired) electrons. The highest BCUT2D eigenvalue weighted by Gasteiger charge is 2.30. The molecular formula is C18H17ClF2N2O2S. The van der Waals surface area contributed by atoms with Gasteiger partial charge < -0.3 is 9.47 Å². The van der Waals surface area contributed by atoms with Gasteiger partial charge in [0.2, 0.25) is 0 Å². The number of hydrogen-bond donors (Lipinski definition) is 0. The van der Waals surface area contributed by atoms with Crippen molar-refractivity contribution in [2.75, 3.05) is 6.61 Å². The Labute approximate surface area is 159 Å². The number of aromatic nitrogens is 2. The zero-order valence-electron chi connectivity index (χ0n) is 14.2. The summed E-state index contributed by atoms with van der Waals surface area (Å²) in [5, 5.41) is 0.649. The lowest BCUT2D eigenvalue weighted by atomic mass is 10.2. The molecule has 0 bridgehead atoms. The van der Waals surface area contributed by atoms with Crippen molar-refractivity contribution in [3.8, 4) is 0 Å². The topological polar surface area (TPSA) is 44.2 Å². The first-order chi connectivity index (χ1) is 12.3. The summed E-state index contributed by atoms with van der Waals surface area (Å²) < 4.78 is 38.2. The third kappa shape index (κ3) is 5.01. The predicted molar refractivity (Wildman–Crippen MR) is 96.9 cm³/mol. The number of rotatable bonds is 5. The number of nitrogens with zero attached hydrogens (tertiary/aromatic N) is 2. The third-order valence-electron chi connectivity index (χ3n) is 3.59. The first-order valence-corrected chi connectivity index (χ1v) is 9.29. The van der Waals surface area contributed by atoms with E-state index in [1.165, 1.54) is 23.9 Å². The largest absolute Gasteiger partial charge is 0.347 e. The van der Waals surface area contributed by atoms with E-state index >= 15 is 0 Å². The van der Waals surface area contributed by atoms with Gasteiger partial charge in [-0.25, -0.2) is 18.7 Å². The summed E-state index contributed by atoms with van der Waals surface area (Å²) in [5.74, 6) is -2.14. The van der Waals surface area contributed by atoms with E-state index in [2.05, 4.69) is 9.97 Å². The fourth-order valence-corrected chi connectivity index (χ4v) is 3.46. The Hall–Kier alpha value is -1.54. The van der Waals surface area contributed by atoms with Crippen LogP contribution in [0.4, 0.5) is 8.78 Å². The van der Waals surface area contributed by atoms with E-state index in [9.17, 15) is 8.78 Å². The molecule has 1 fully saturated rings. The van der Waals surface area contributed by atoms with Crippen LogP contribution in [-0.4, -0.2) is 28.5 Å². The van der Waals surface area contributed by atoms with Gasteiger partial charge in [-0.3, -0.25) is 0 Å². The van der Waals surface area contributed by atoms with Crippen LogP contribution in [-0.2, 0) is 15.2 Å². The van der Waals surface area contributed by atoms with Gasteiger partial charge in [-0.1, -0.05) is 41.6 Å². The van der Waals surface area contributed by atoms with Crippen LogP contribution in [0.2, 0.25) is 5.15 Å². The molecule has 1 aliphatic rings. The molecule has 8 heteroatoms. The lowest BCUT2D eigenvalue weighted by Crippen LogP contribution is -2.20. The standard InChI is InChI=1S/C18H17ClF2N2O2S/c1-18(2)24-9-13(25-18)7-6-12-8-15(19)23-17(22-12)26-10-11-4-3-5-14(20)16(11)21/h3-8,13H,9-10H2,1-2H3/b7-6+.